The molecule has 0 radical (unpaired) electrons. The molecule has 0 aliphatic heterocycles. The predicted molar refractivity (Wildman–Crippen MR) is 59.1 cm³/mol. The number of hydrogen-bond donors (Lipinski definition) is 1. The van der Waals surface area contributed by atoms with E-state index in [4.69, 9.17) is 14.2 Å². The second-order valence-corrected chi connectivity index (χ2v) is 3.69. The molecule has 0 amide bonds. The number of rotatable bonds is 8. The molecule has 15 heavy (non-hydrogen) atoms. The maximum absolute atomic E-state index is 5.54. The minimum Gasteiger partial charge on any atom is -0.380 e. The van der Waals surface area contributed by atoms with Crippen molar-refractivity contribution in [3.63, 3.8) is 0 Å². The zero-order valence-corrected chi connectivity index (χ0v) is 9.99. The summed E-state index contributed by atoms with van der Waals surface area (Å²) in [7, 11) is 1.74. The molecule has 0 saturated heterocycles. The quantitative estimate of drug-likeness (QED) is 0.611. The third-order valence-electron chi connectivity index (χ3n) is 2.76. The summed E-state index contributed by atoms with van der Waals surface area (Å²) in [5, 5.41) is 3.41. The van der Waals surface area contributed by atoms with Gasteiger partial charge in [0.25, 0.3) is 0 Å². The van der Waals surface area contributed by atoms with Crippen LogP contribution in [0.2, 0.25) is 0 Å². The summed E-state index contributed by atoms with van der Waals surface area (Å²) in [5.74, 6) is 0. The molecule has 1 aliphatic carbocycles. The SMILES string of the molecule is CCOCCNC1CC(OCC)C1OC. The fraction of sp³-hybridized carbons (Fsp3) is 1.00. The van der Waals surface area contributed by atoms with E-state index in [1.807, 2.05) is 13.8 Å². The first-order valence-corrected chi connectivity index (χ1v) is 5.79. The number of nitrogens with one attached hydrogen (secondary N) is 1. The Morgan fingerprint density at radius 1 is 1.27 bits per heavy atom. The molecule has 0 aromatic heterocycles. The molecule has 0 aromatic carbocycles. The van der Waals surface area contributed by atoms with Crippen LogP contribution in [-0.2, 0) is 14.2 Å². The third kappa shape index (κ3) is 3.72. The van der Waals surface area contributed by atoms with Gasteiger partial charge in [-0.05, 0) is 20.3 Å². The second kappa shape index (κ2) is 7.17. The first-order chi connectivity index (χ1) is 7.33. The molecule has 90 valence electrons. The average molecular weight is 217 g/mol. The highest BCUT2D eigenvalue weighted by atomic mass is 16.5. The van der Waals surface area contributed by atoms with Gasteiger partial charge in [0.05, 0.1) is 18.8 Å². The Kier molecular flexibility index (Phi) is 6.17. The van der Waals surface area contributed by atoms with Gasteiger partial charge in [0.15, 0.2) is 0 Å². The Morgan fingerprint density at radius 2 is 2.07 bits per heavy atom. The fourth-order valence-corrected chi connectivity index (χ4v) is 1.94. The molecule has 4 nitrogen and oxygen atoms in total. The molecule has 0 bridgehead atoms. The second-order valence-electron chi connectivity index (χ2n) is 3.69. The lowest BCUT2D eigenvalue weighted by molar-refractivity contribution is -0.131. The van der Waals surface area contributed by atoms with Gasteiger partial charge >= 0.3 is 0 Å². The number of methoxy groups -OCH3 is 1. The molecule has 1 rings (SSSR count). The van der Waals surface area contributed by atoms with Crippen LogP contribution in [0.25, 0.3) is 0 Å². The summed E-state index contributed by atoms with van der Waals surface area (Å²) < 4.78 is 16.2. The van der Waals surface area contributed by atoms with Gasteiger partial charge in [-0.1, -0.05) is 0 Å². The van der Waals surface area contributed by atoms with Crippen molar-refractivity contribution >= 4 is 0 Å². The standard InChI is InChI=1S/C11H23NO3/c1-4-14-7-6-12-9-8-10(15-5-2)11(9)13-3/h9-12H,4-8H2,1-3H3. The molecule has 3 unspecified atom stereocenters. The van der Waals surface area contributed by atoms with Crippen LogP contribution >= 0.6 is 0 Å². The maximum Gasteiger partial charge on any atom is 0.0986 e. The Bertz CT molecular complexity index is 166. The molecule has 0 aromatic rings. The largest absolute Gasteiger partial charge is 0.380 e. The predicted octanol–water partition coefficient (Wildman–Crippen LogP) is 0.805. The van der Waals surface area contributed by atoms with Crippen molar-refractivity contribution in [2.45, 2.75) is 38.5 Å². The summed E-state index contributed by atoms with van der Waals surface area (Å²) >= 11 is 0. The van der Waals surface area contributed by atoms with Crippen LogP contribution < -0.4 is 5.32 Å². The Hall–Kier alpha value is -0.160. The first kappa shape index (κ1) is 12.9. The summed E-state index contributed by atoms with van der Waals surface area (Å²) in [6.45, 7) is 7.22. The molecular weight excluding hydrogens is 194 g/mol. The summed E-state index contributed by atoms with van der Waals surface area (Å²) in [6.07, 6.45) is 1.51. The molecule has 1 aliphatic rings. The van der Waals surface area contributed by atoms with E-state index in [1.165, 1.54) is 0 Å². The average Bonchev–Trinajstić information content (AvgIpc) is 2.21. The zero-order chi connectivity index (χ0) is 11.1. The van der Waals surface area contributed by atoms with E-state index >= 15 is 0 Å². The number of hydrogen-bond acceptors (Lipinski definition) is 4. The van der Waals surface area contributed by atoms with Crippen LogP contribution in [0.5, 0.6) is 0 Å². The monoisotopic (exact) mass is 217 g/mol. The molecule has 1 fully saturated rings. The zero-order valence-electron chi connectivity index (χ0n) is 9.99. The molecule has 1 N–H and O–H groups in total. The lowest BCUT2D eigenvalue weighted by Crippen LogP contribution is -2.60. The van der Waals surface area contributed by atoms with Crippen molar-refractivity contribution in [2.24, 2.45) is 0 Å². The summed E-state index contributed by atoms with van der Waals surface area (Å²) in [4.78, 5) is 0. The first-order valence-electron chi connectivity index (χ1n) is 5.79. The van der Waals surface area contributed by atoms with Crippen molar-refractivity contribution in [2.75, 3.05) is 33.5 Å². The summed E-state index contributed by atoms with van der Waals surface area (Å²) in [5.41, 5.74) is 0. The lowest BCUT2D eigenvalue weighted by Gasteiger charge is -2.43. The van der Waals surface area contributed by atoms with E-state index in [0.29, 0.717) is 6.04 Å². The Morgan fingerprint density at radius 3 is 2.67 bits per heavy atom. The highest BCUT2D eigenvalue weighted by Gasteiger charge is 2.41. The molecule has 3 atom stereocenters. The van der Waals surface area contributed by atoms with E-state index in [0.717, 1.165) is 32.8 Å². The van der Waals surface area contributed by atoms with Gasteiger partial charge in [-0.2, -0.15) is 0 Å². The van der Waals surface area contributed by atoms with Crippen LogP contribution in [0.15, 0.2) is 0 Å². The maximum atomic E-state index is 5.54. The highest BCUT2D eigenvalue weighted by Crippen LogP contribution is 2.26. The molecule has 1 saturated carbocycles. The fourth-order valence-electron chi connectivity index (χ4n) is 1.94. The van der Waals surface area contributed by atoms with Crippen molar-refractivity contribution in [3.05, 3.63) is 0 Å². The third-order valence-corrected chi connectivity index (χ3v) is 2.76. The number of ether oxygens (including phenoxy) is 3. The van der Waals surface area contributed by atoms with Crippen LogP contribution in [0.4, 0.5) is 0 Å². The minimum absolute atomic E-state index is 0.201. The molecule has 0 spiro atoms. The van der Waals surface area contributed by atoms with Gasteiger partial charge in [0.1, 0.15) is 0 Å². The van der Waals surface area contributed by atoms with Crippen molar-refractivity contribution in [1.29, 1.82) is 0 Å². The van der Waals surface area contributed by atoms with Gasteiger partial charge in [-0.15, -0.1) is 0 Å². The van der Waals surface area contributed by atoms with Crippen molar-refractivity contribution in [1.82, 2.24) is 5.32 Å². The van der Waals surface area contributed by atoms with Gasteiger partial charge in [-0.25, -0.2) is 0 Å². The minimum atomic E-state index is 0.201. The van der Waals surface area contributed by atoms with Gasteiger partial charge in [0, 0.05) is 32.9 Å². The smallest absolute Gasteiger partial charge is 0.0986 e. The van der Waals surface area contributed by atoms with Gasteiger partial charge in [-0.3, -0.25) is 0 Å². The van der Waals surface area contributed by atoms with Crippen LogP contribution in [0.3, 0.4) is 0 Å². The van der Waals surface area contributed by atoms with E-state index in [1.54, 1.807) is 7.11 Å². The van der Waals surface area contributed by atoms with Crippen LogP contribution in [0, 0.1) is 0 Å². The lowest BCUT2D eigenvalue weighted by atomic mass is 9.85. The topological polar surface area (TPSA) is 39.7 Å². The Balaban J connectivity index is 2.10. The van der Waals surface area contributed by atoms with E-state index in [9.17, 15) is 0 Å². The van der Waals surface area contributed by atoms with E-state index in [-0.39, 0.29) is 12.2 Å². The van der Waals surface area contributed by atoms with Crippen LogP contribution in [0.1, 0.15) is 20.3 Å². The van der Waals surface area contributed by atoms with Gasteiger partial charge in [0.2, 0.25) is 0 Å². The highest BCUT2D eigenvalue weighted by molar-refractivity contribution is 4.96. The van der Waals surface area contributed by atoms with Crippen molar-refractivity contribution in [3.8, 4) is 0 Å². The Labute approximate surface area is 92.3 Å². The van der Waals surface area contributed by atoms with E-state index < -0.39 is 0 Å². The molecule has 4 heteroatoms. The van der Waals surface area contributed by atoms with Crippen molar-refractivity contribution < 1.29 is 14.2 Å². The summed E-state index contributed by atoms with van der Waals surface area (Å²) in [6, 6.07) is 0.423. The molecular formula is C11H23NO3. The normalized spacial score (nSPS) is 30.2. The van der Waals surface area contributed by atoms with E-state index in [2.05, 4.69) is 5.32 Å². The van der Waals surface area contributed by atoms with Crippen LogP contribution in [-0.4, -0.2) is 51.7 Å². The molecule has 0 heterocycles. The van der Waals surface area contributed by atoms with Gasteiger partial charge < -0.3 is 19.5 Å².